The van der Waals surface area contributed by atoms with Gasteiger partial charge in [0.1, 0.15) is 15.8 Å². The maximum absolute atomic E-state index is 6.23. The molecule has 1 fully saturated rings. The van der Waals surface area contributed by atoms with Gasteiger partial charge in [0.15, 0.2) is 0 Å². The summed E-state index contributed by atoms with van der Waals surface area (Å²) in [6, 6.07) is 2.06. The number of halogens is 1. The molecule has 1 aliphatic rings. The van der Waals surface area contributed by atoms with Gasteiger partial charge in [0.25, 0.3) is 0 Å². The van der Waals surface area contributed by atoms with Gasteiger partial charge in [-0.3, -0.25) is 0 Å². The molecule has 1 atom stereocenters. The van der Waals surface area contributed by atoms with E-state index in [0.717, 1.165) is 21.8 Å². The van der Waals surface area contributed by atoms with Crippen molar-refractivity contribution in [2.24, 2.45) is 0 Å². The molecular formula is C11H11ClN2S3. The van der Waals surface area contributed by atoms with Crippen molar-refractivity contribution in [2.75, 3.05) is 17.3 Å². The highest BCUT2D eigenvalue weighted by atomic mass is 35.5. The van der Waals surface area contributed by atoms with Crippen LogP contribution in [0.1, 0.15) is 16.0 Å². The molecule has 90 valence electrons. The Morgan fingerprint density at radius 2 is 2.24 bits per heavy atom. The first-order chi connectivity index (χ1) is 8.24. The van der Waals surface area contributed by atoms with Gasteiger partial charge in [-0.1, -0.05) is 11.6 Å². The second kappa shape index (κ2) is 4.96. The second-order valence-corrected chi connectivity index (χ2v) is 7.94. The fourth-order valence-corrected chi connectivity index (χ4v) is 5.58. The summed E-state index contributed by atoms with van der Waals surface area (Å²) in [5, 5.41) is 2.00. The highest BCUT2D eigenvalue weighted by Gasteiger charge is 2.21. The minimum absolute atomic E-state index is 0.401. The van der Waals surface area contributed by atoms with Gasteiger partial charge in [-0.05, 0) is 13.0 Å². The molecule has 3 rings (SSSR count). The van der Waals surface area contributed by atoms with Crippen LogP contribution in [0.5, 0.6) is 0 Å². The maximum atomic E-state index is 6.23. The van der Waals surface area contributed by atoms with Crippen LogP contribution in [-0.4, -0.2) is 27.2 Å². The lowest BCUT2D eigenvalue weighted by atomic mass is 10.3. The van der Waals surface area contributed by atoms with E-state index in [-0.39, 0.29) is 0 Å². The van der Waals surface area contributed by atoms with E-state index < -0.39 is 0 Å². The largest absolute Gasteiger partial charge is 0.221 e. The molecule has 1 aliphatic heterocycles. The summed E-state index contributed by atoms with van der Waals surface area (Å²) in [6.07, 6.45) is 0. The summed E-state index contributed by atoms with van der Waals surface area (Å²) in [4.78, 5) is 11.4. The van der Waals surface area contributed by atoms with Crippen molar-refractivity contribution in [3.05, 3.63) is 21.9 Å². The molecule has 1 saturated heterocycles. The Bertz CT molecular complexity index is 549. The van der Waals surface area contributed by atoms with Crippen molar-refractivity contribution in [1.29, 1.82) is 0 Å². The Kier molecular flexibility index (Phi) is 3.52. The average molecular weight is 303 g/mol. The predicted octanol–water partition coefficient (Wildman–Crippen LogP) is 4.17. The van der Waals surface area contributed by atoms with Crippen molar-refractivity contribution in [2.45, 2.75) is 12.2 Å². The number of aryl methyl sites for hydroxylation is 1. The smallest absolute Gasteiger partial charge is 0.145 e. The Balaban J connectivity index is 2.04. The van der Waals surface area contributed by atoms with E-state index in [1.807, 2.05) is 23.5 Å². The number of hydrogen-bond donors (Lipinski definition) is 0. The number of aromatic nitrogens is 2. The molecule has 0 N–H and O–H groups in total. The third-order valence-corrected chi connectivity index (χ3v) is 6.57. The number of rotatable bonds is 1. The number of nitrogens with zero attached hydrogens (tertiary/aromatic N) is 2. The molecule has 6 heteroatoms. The molecular weight excluding hydrogens is 292 g/mol. The fourth-order valence-electron chi connectivity index (χ4n) is 1.80. The van der Waals surface area contributed by atoms with E-state index in [1.54, 1.807) is 11.3 Å². The minimum Gasteiger partial charge on any atom is -0.221 e. The molecule has 3 heterocycles. The zero-order chi connectivity index (χ0) is 11.8. The van der Waals surface area contributed by atoms with Crippen molar-refractivity contribution in [1.82, 2.24) is 9.97 Å². The van der Waals surface area contributed by atoms with Crippen molar-refractivity contribution in [3.8, 4) is 0 Å². The first-order valence-corrected chi connectivity index (χ1v) is 8.77. The van der Waals surface area contributed by atoms with E-state index >= 15 is 0 Å². The Hall–Kier alpha value is 0.0300. The van der Waals surface area contributed by atoms with Crippen LogP contribution in [0.4, 0.5) is 0 Å². The van der Waals surface area contributed by atoms with Crippen LogP contribution in [-0.2, 0) is 0 Å². The first-order valence-electron chi connectivity index (χ1n) is 5.37. The monoisotopic (exact) mass is 302 g/mol. The molecule has 0 amide bonds. The predicted molar refractivity (Wildman–Crippen MR) is 79.7 cm³/mol. The standard InChI is InChI=1S/C11H11ClN2S3/c1-6-4-7-9(12)13-10(14-11(7)17-6)8-5-15-2-3-16-8/h4,8H,2-3,5H2,1H3. The maximum Gasteiger partial charge on any atom is 0.145 e. The van der Waals surface area contributed by atoms with Crippen molar-refractivity contribution in [3.63, 3.8) is 0 Å². The van der Waals surface area contributed by atoms with Gasteiger partial charge in [0, 0.05) is 27.5 Å². The van der Waals surface area contributed by atoms with Crippen LogP contribution < -0.4 is 0 Å². The quantitative estimate of drug-likeness (QED) is 0.738. The van der Waals surface area contributed by atoms with Crippen LogP contribution in [0.2, 0.25) is 5.15 Å². The third-order valence-electron chi connectivity index (χ3n) is 2.59. The molecule has 0 spiro atoms. The summed E-state index contributed by atoms with van der Waals surface area (Å²) in [5.41, 5.74) is 0. The molecule has 0 aromatic carbocycles. The van der Waals surface area contributed by atoms with E-state index in [0.29, 0.717) is 10.4 Å². The summed E-state index contributed by atoms with van der Waals surface area (Å²) >= 11 is 11.8. The number of thiophene rings is 1. The van der Waals surface area contributed by atoms with E-state index in [2.05, 4.69) is 23.0 Å². The third kappa shape index (κ3) is 2.43. The molecule has 0 aliphatic carbocycles. The Morgan fingerprint density at radius 3 is 3.00 bits per heavy atom. The van der Waals surface area contributed by atoms with Crippen LogP contribution in [0.25, 0.3) is 10.2 Å². The van der Waals surface area contributed by atoms with Gasteiger partial charge >= 0.3 is 0 Å². The summed E-state index contributed by atoms with van der Waals surface area (Å²) in [7, 11) is 0. The lowest BCUT2D eigenvalue weighted by Crippen LogP contribution is -2.10. The van der Waals surface area contributed by atoms with Gasteiger partial charge in [-0.15, -0.1) is 23.1 Å². The molecule has 2 aromatic rings. The van der Waals surface area contributed by atoms with Gasteiger partial charge in [-0.25, -0.2) is 9.97 Å². The normalized spacial score (nSPS) is 20.9. The van der Waals surface area contributed by atoms with Gasteiger partial charge in [0.05, 0.1) is 5.25 Å². The van der Waals surface area contributed by atoms with Crippen LogP contribution >= 0.6 is 46.5 Å². The highest BCUT2D eigenvalue weighted by molar-refractivity contribution is 8.06. The molecule has 2 nitrogen and oxygen atoms in total. The second-order valence-electron chi connectivity index (χ2n) is 3.88. The fraction of sp³-hybridized carbons (Fsp3) is 0.455. The highest BCUT2D eigenvalue weighted by Crippen LogP contribution is 2.37. The molecule has 1 unspecified atom stereocenters. The van der Waals surface area contributed by atoms with Crippen LogP contribution in [0.15, 0.2) is 6.07 Å². The van der Waals surface area contributed by atoms with E-state index in [4.69, 9.17) is 11.6 Å². The first kappa shape index (κ1) is 12.1. The molecule has 0 radical (unpaired) electrons. The molecule has 0 bridgehead atoms. The summed E-state index contributed by atoms with van der Waals surface area (Å²) < 4.78 is 0. The number of hydrogen-bond acceptors (Lipinski definition) is 5. The summed E-state index contributed by atoms with van der Waals surface area (Å²) in [6.45, 7) is 2.08. The van der Waals surface area contributed by atoms with Crippen LogP contribution in [0, 0.1) is 6.92 Å². The topological polar surface area (TPSA) is 25.8 Å². The van der Waals surface area contributed by atoms with Crippen molar-refractivity contribution < 1.29 is 0 Å². The Morgan fingerprint density at radius 1 is 1.35 bits per heavy atom. The number of fused-ring (bicyclic) bond motifs is 1. The molecule has 0 saturated carbocycles. The molecule has 2 aromatic heterocycles. The minimum atomic E-state index is 0.401. The lowest BCUT2D eigenvalue weighted by Gasteiger charge is -2.19. The van der Waals surface area contributed by atoms with Crippen LogP contribution in [0.3, 0.4) is 0 Å². The van der Waals surface area contributed by atoms with Crippen molar-refractivity contribution >= 4 is 56.7 Å². The zero-order valence-electron chi connectivity index (χ0n) is 9.27. The average Bonchev–Trinajstić information content (AvgIpc) is 2.71. The zero-order valence-corrected chi connectivity index (χ0v) is 12.5. The number of thioether (sulfide) groups is 2. The van der Waals surface area contributed by atoms with E-state index in [1.165, 1.54) is 16.4 Å². The molecule has 17 heavy (non-hydrogen) atoms. The lowest BCUT2D eigenvalue weighted by molar-refractivity contribution is 0.946. The van der Waals surface area contributed by atoms with Gasteiger partial charge in [0.2, 0.25) is 0 Å². The van der Waals surface area contributed by atoms with Gasteiger partial charge in [-0.2, -0.15) is 11.8 Å². The summed E-state index contributed by atoms with van der Waals surface area (Å²) in [5.74, 6) is 4.41. The Labute approximate surface area is 118 Å². The SMILES string of the molecule is Cc1cc2c(Cl)nc(C3CSCCS3)nc2s1. The van der Waals surface area contributed by atoms with E-state index in [9.17, 15) is 0 Å². The van der Waals surface area contributed by atoms with Gasteiger partial charge < -0.3 is 0 Å².